The topological polar surface area (TPSA) is 75.9 Å². The number of anilines is 1. The number of benzene rings is 2. The van der Waals surface area contributed by atoms with Crippen molar-refractivity contribution in [1.82, 2.24) is 24.6 Å². The maximum atomic E-state index is 13.5. The Hall–Kier alpha value is -3.08. The van der Waals surface area contributed by atoms with Gasteiger partial charge in [-0.3, -0.25) is 14.3 Å². The molecule has 0 saturated carbocycles. The lowest BCUT2D eigenvalue weighted by Crippen LogP contribution is -2.23. The largest absolute Gasteiger partial charge is 0.301 e. The average Bonchev–Trinajstić information content (AvgIpc) is 3.47. The van der Waals surface area contributed by atoms with Gasteiger partial charge in [0.2, 0.25) is 5.91 Å². The molecule has 0 radical (unpaired) electrons. The molecular weight excluding hydrogens is 471 g/mol. The molecule has 0 saturated heterocycles. The summed E-state index contributed by atoms with van der Waals surface area (Å²) in [5, 5.41) is 14.2. The molecule has 10 heteroatoms. The maximum absolute atomic E-state index is 13.5. The predicted octanol–water partition coefficient (Wildman–Crippen LogP) is 5.27. The number of thiazole rings is 1. The quantitative estimate of drug-likeness (QED) is 0.335. The number of carbonyl (C=O) groups is 1. The lowest BCUT2D eigenvalue weighted by molar-refractivity contribution is -0.115. The van der Waals surface area contributed by atoms with Gasteiger partial charge in [0.15, 0.2) is 16.1 Å². The molecule has 0 aliphatic rings. The van der Waals surface area contributed by atoms with Gasteiger partial charge in [-0.2, -0.15) is 0 Å². The molecule has 2 heterocycles. The molecule has 4 aromatic rings. The Balaban J connectivity index is 1.53. The van der Waals surface area contributed by atoms with Crippen LogP contribution in [0.3, 0.4) is 0 Å². The lowest BCUT2D eigenvalue weighted by Gasteiger charge is -2.21. The van der Waals surface area contributed by atoms with Crippen LogP contribution in [0.1, 0.15) is 25.7 Å². The van der Waals surface area contributed by atoms with Gasteiger partial charge < -0.3 is 5.32 Å². The highest BCUT2D eigenvalue weighted by atomic mass is 32.2. The number of carbonyl (C=O) groups excluding carboxylic acids is 1. The van der Waals surface area contributed by atoms with E-state index in [0.29, 0.717) is 16.1 Å². The zero-order chi connectivity index (χ0) is 24.2. The summed E-state index contributed by atoms with van der Waals surface area (Å²) >= 11 is 2.67. The molecule has 0 bridgehead atoms. The summed E-state index contributed by atoms with van der Waals surface area (Å²) in [5.41, 5.74) is 2.55. The third-order valence-corrected chi connectivity index (χ3v) is 7.15. The Bertz CT molecular complexity index is 1260. The zero-order valence-corrected chi connectivity index (χ0v) is 20.9. The van der Waals surface area contributed by atoms with E-state index < -0.39 is 5.25 Å². The van der Waals surface area contributed by atoms with E-state index in [-0.39, 0.29) is 17.8 Å². The number of hydrogen-bond donors (Lipinski definition) is 1. The molecule has 1 amide bonds. The van der Waals surface area contributed by atoms with E-state index in [4.69, 9.17) is 0 Å². The van der Waals surface area contributed by atoms with Crippen LogP contribution < -0.4 is 5.32 Å². The molecule has 0 aliphatic heterocycles. The first-order valence-corrected chi connectivity index (χ1v) is 12.5. The molecule has 0 unspecified atom stereocenters. The van der Waals surface area contributed by atoms with Gasteiger partial charge in [0.1, 0.15) is 5.82 Å². The van der Waals surface area contributed by atoms with E-state index in [0.717, 1.165) is 16.9 Å². The summed E-state index contributed by atoms with van der Waals surface area (Å²) in [6.07, 6.45) is 0. The summed E-state index contributed by atoms with van der Waals surface area (Å²) in [6.45, 7) is 3.83. The maximum Gasteiger partial charge on any atom is 0.239 e. The number of hydrogen-bond acceptors (Lipinski definition) is 7. The molecule has 4 rings (SSSR count). The van der Waals surface area contributed by atoms with Gasteiger partial charge in [-0.15, -0.1) is 21.5 Å². The van der Waals surface area contributed by atoms with E-state index in [1.165, 1.54) is 35.2 Å². The third-order valence-electron chi connectivity index (χ3n) is 5.35. The van der Waals surface area contributed by atoms with E-state index in [2.05, 4.69) is 20.5 Å². The molecule has 7 nitrogen and oxygen atoms in total. The molecule has 2 aromatic heterocycles. The average molecular weight is 497 g/mol. The van der Waals surface area contributed by atoms with Gasteiger partial charge in [0, 0.05) is 16.6 Å². The van der Waals surface area contributed by atoms with Crippen molar-refractivity contribution in [3.63, 3.8) is 0 Å². The fourth-order valence-corrected chi connectivity index (χ4v) is 4.78. The number of nitrogens with zero attached hydrogens (tertiary/aromatic N) is 5. The summed E-state index contributed by atoms with van der Waals surface area (Å²) in [5.74, 6) is 0.202. The molecule has 1 N–H and O–H groups in total. The Kier molecular flexibility index (Phi) is 7.40. The lowest BCUT2D eigenvalue weighted by atomic mass is 10.2. The fourth-order valence-electron chi connectivity index (χ4n) is 3.18. The molecule has 176 valence electrons. The second kappa shape index (κ2) is 10.5. The van der Waals surface area contributed by atoms with Gasteiger partial charge in [0.25, 0.3) is 0 Å². The molecule has 0 aliphatic carbocycles. The number of amides is 1. The van der Waals surface area contributed by atoms with Crippen molar-refractivity contribution in [2.75, 3.05) is 19.4 Å². The first kappa shape index (κ1) is 24.1. The Labute approximate surface area is 206 Å². The van der Waals surface area contributed by atoms with Crippen molar-refractivity contribution in [2.45, 2.75) is 30.3 Å². The standard InChI is InChI=1S/C24H25FN6OS2/c1-15(30(3)4)21-28-29-24(31(21)19-12-10-18(25)11-13-19)34-16(2)22(32)27-23-26-20(14-33-23)17-8-6-5-7-9-17/h5-16H,1-4H3,(H,26,27,32)/t15-,16+/m0/s1. The normalized spacial score (nSPS) is 13.1. The Morgan fingerprint density at radius 2 is 1.79 bits per heavy atom. The number of halogens is 1. The van der Waals surface area contributed by atoms with Gasteiger partial charge >= 0.3 is 0 Å². The first-order chi connectivity index (χ1) is 16.3. The summed E-state index contributed by atoms with van der Waals surface area (Å²) in [6, 6.07) is 15.9. The SMILES string of the molecule is C[C@@H](Sc1nnc([C@H](C)N(C)C)n1-c1ccc(F)cc1)C(=O)Nc1nc(-c2ccccc2)cs1. The van der Waals surface area contributed by atoms with Gasteiger partial charge in [-0.25, -0.2) is 9.37 Å². The van der Waals surface area contributed by atoms with E-state index in [9.17, 15) is 9.18 Å². The van der Waals surface area contributed by atoms with Gasteiger partial charge in [-0.1, -0.05) is 42.1 Å². The second-order valence-corrected chi connectivity index (χ2v) is 10.1. The monoisotopic (exact) mass is 496 g/mol. The van der Waals surface area contributed by atoms with E-state index >= 15 is 0 Å². The number of thioether (sulfide) groups is 1. The minimum Gasteiger partial charge on any atom is -0.301 e. The van der Waals surface area contributed by atoms with E-state index in [1.54, 1.807) is 12.1 Å². The van der Waals surface area contributed by atoms with Crippen molar-refractivity contribution in [3.8, 4) is 16.9 Å². The molecule has 2 aromatic carbocycles. The van der Waals surface area contributed by atoms with Crippen molar-refractivity contribution >= 4 is 34.1 Å². The minimum absolute atomic E-state index is 0.0391. The van der Waals surface area contributed by atoms with Crippen LogP contribution in [0.4, 0.5) is 9.52 Å². The predicted molar refractivity (Wildman–Crippen MR) is 135 cm³/mol. The van der Waals surface area contributed by atoms with Crippen LogP contribution in [0.2, 0.25) is 0 Å². The van der Waals surface area contributed by atoms with Crippen molar-refractivity contribution < 1.29 is 9.18 Å². The van der Waals surface area contributed by atoms with Crippen LogP contribution in [-0.2, 0) is 4.79 Å². The fraction of sp³-hybridized carbons (Fsp3) is 0.250. The van der Waals surface area contributed by atoms with Crippen molar-refractivity contribution in [2.24, 2.45) is 0 Å². The first-order valence-electron chi connectivity index (χ1n) is 10.7. The van der Waals surface area contributed by atoms with Crippen LogP contribution in [0, 0.1) is 5.82 Å². The molecular formula is C24H25FN6OS2. The Morgan fingerprint density at radius 3 is 2.47 bits per heavy atom. The highest BCUT2D eigenvalue weighted by Gasteiger charge is 2.25. The molecule has 0 spiro atoms. The van der Waals surface area contributed by atoms with Crippen LogP contribution in [-0.4, -0.2) is 49.9 Å². The van der Waals surface area contributed by atoms with Crippen molar-refractivity contribution in [3.05, 3.63) is 71.6 Å². The van der Waals surface area contributed by atoms with E-state index in [1.807, 2.05) is 73.1 Å². The van der Waals surface area contributed by atoms with Crippen LogP contribution in [0.15, 0.2) is 65.1 Å². The number of nitrogens with one attached hydrogen (secondary N) is 1. The smallest absolute Gasteiger partial charge is 0.239 e. The van der Waals surface area contributed by atoms with Gasteiger partial charge in [-0.05, 0) is 52.2 Å². The second-order valence-electron chi connectivity index (χ2n) is 7.95. The summed E-state index contributed by atoms with van der Waals surface area (Å²) < 4.78 is 15.4. The molecule has 0 fully saturated rings. The van der Waals surface area contributed by atoms with Crippen LogP contribution in [0.25, 0.3) is 16.9 Å². The van der Waals surface area contributed by atoms with Crippen molar-refractivity contribution in [1.29, 1.82) is 0 Å². The highest BCUT2D eigenvalue weighted by Crippen LogP contribution is 2.30. The van der Waals surface area contributed by atoms with Crippen LogP contribution >= 0.6 is 23.1 Å². The summed E-state index contributed by atoms with van der Waals surface area (Å²) in [7, 11) is 3.91. The Morgan fingerprint density at radius 1 is 1.09 bits per heavy atom. The van der Waals surface area contributed by atoms with Gasteiger partial charge in [0.05, 0.1) is 17.0 Å². The summed E-state index contributed by atoms with van der Waals surface area (Å²) in [4.78, 5) is 19.5. The highest BCUT2D eigenvalue weighted by molar-refractivity contribution is 8.00. The molecule has 2 atom stereocenters. The minimum atomic E-state index is -0.463. The third kappa shape index (κ3) is 5.35. The number of aromatic nitrogens is 4. The number of rotatable bonds is 8. The molecule has 34 heavy (non-hydrogen) atoms. The van der Waals surface area contributed by atoms with Crippen LogP contribution in [0.5, 0.6) is 0 Å². The zero-order valence-electron chi connectivity index (χ0n) is 19.3.